The van der Waals surface area contributed by atoms with Crippen LogP contribution in [0.5, 0.6) is 5.75 Å². The monoisotopic (exact) mass is 590 g/mol. The van der Waals surface area contributed by atoms with Crippen LogP contribution >= 0.6 is 11.6 Å². The van der Waals surface area contributed by atoms with Gasteiger partial charge in [-0.15, -0.1) is 0 Å². The summed E-state index contributed by atoms with van der Waals surface area (Å²) in [4.78, 5) is 15.1. The van der Waals surface area contributed by atoms with Gasteiger partial charge < -0.3 is 15.2 Å². The molecule has 2 N–H and O–H groups in total. The molecule has 0 radical (unpaired) electrons. The number of hydrogen-bond acceptors (Lipinski definition) is 4. The number of carbonyl (C=O) groups is 1. The molecule has 6 rings (SSSR count). The number of nitrogens with one attached hydrogen (secondary N) is 1. The van der Waals surface area contributed by atoms with Crippen LogP contribution in [0.25, 0.3) is 0 Å². The van der Waals surface area contributed by atoms with E-state index in [-0.39, 0.29) is 17.3 Å². The second-order valence-electron chi connectivity index (χ2n) is 12.8. The molecule has 5 nitrogen and oxygen atoms in total. The van der Waals surface area contributed by atoms with E-state index >= 15 is 0 Å². The van der Waals surface area contributed by atoms with Crippen molar-refractivity contribution in [2.75, 3.05) is 18.5 Å². The van der Waals surface area contributed by atoms with Crippen molar-refractivity contribution in [3.63, 3.8) is 0 Å². The Labute approximate surface area is 253 Å². The third-order valence-corrected chi connectivity index (χ3v) is 10.1. The van der Waals surface area contributed by atoms with Crippen LogP contribution in [0.15, 0.2) is 60.7 Å². The third kappa shape index (κ3) is 5.40. The number of halogens is 2. The first kappa shape index (κ1) is 29.0. The summed E-state index contributed by atoms with van der Waals surface area (Å²) in [6, 6.07) is 18.8. The first-order chi connectivity index (χ1) is 20.2. The predicted molar refractivity (Wildman–Crippen MR) is 165 cm³/mol. The third-order valence-electron chi connectivity index (χ3n) is 9.87. The summed E-state index contributed by atoms with van der Waals surface area (Å²) >= 11 is 6.19. The number of carboxylic acid groups (broad SMARTS) is 1. The summed E-state index contributed by atoms with van der Waals surface area (Å²) in [7, 11) is 0. The van der Waals surface area contributed by atoms with Crippen LogP contribution in [0.1, 0.15) is 80.5 Å². The van der Waals surface area contributed by atoms with E-state index in [9.17, 15) is 14.3 Å². The number of anilines is 1. The van der Waals surface area contributed by atoms with E-state index in [2.05, 4.69) is 42.3 Å². The number of aryl methyl sites for hydroxylation is 1. The molecule has 1 heterocycles. The van der Waals surface area contributed by atoms with Gasteiger partial charge in [0.05, 0.1) is 6.61 Å². The highest BCUT2D eigenvalue weighted by atomic mass is 35.5. The highest BCUT2D eigenvalue weighted by molar-refractivity contribution is 6.30. The average molecular weight is 591 g/mol. The molecule has 0 saturated heterocycles. The minimum absolute atomic E-state index is 0.228. The first-order valence-corrected chi connectivity index (χ1v) is 15.6. The van der Waals surface area contributed by atoms with Gasteiger partial charge in [0.15, 0.2) is 0 Å². The van der Waals surface area contributed by atoms with Crippen LogP contribution in [0, 0.1) is 11.7 Å². The fourth-order valence-corrected chi connectivity index (χ4v) is 7.91. The Kier molecular flexibility index (Phi) is 7.97. The Hall–Kier alpha value is -3.09. The maximum absolute atomic E-state index is 14.4. The zero-order chi connectivity index (χ0) is 29.5. The topological polar surface area (TPSA) is 61.8 Å². The molecule has 0 bridgehead atoms. The molecule has 0 amide bonds. The van der Waals surface area contributed by atoms with Gasteiger partial charge in [0.1, 0.15) is 17.1 Å². The van der Waals surface area contributed by atoms with E-state index in [1.54, 1.807) is 24.3 Å². The Morgan fingerprint density at radius 1 is 1.12 bits per heavy atom. The lowest BCUT2D eigenvalue weighted by Gasteiger charge is -2.48. The molecule has 1 fully saturated rings. The summed E-state index contributed by atoms with van der Waals surface area (Å²) in [6.07, 6.45) is 5.73. The highest BCUT2D eigenvalue weighted by Crippen LogP contribution is 2.52. The van der Waals surface area contributed by atoms with Gasteiger partial charge in [0.2, 0.25) is 0 Å². The van der Waals surface area contributed by atoms with Crippen LogP contribution < -0.4 is 10.1 Å². The van der Waals surface area contributed by atoms with Crippen LogP contribution in [0.2, 0.25) is 5.02 Å². The first-order valence-electron chi connectivity index (χ1n) is 15.2. The molecular weight excluding hydrogens is 551 g/mol. The summed E-state index contributed by atoms with van der Waals surface area (Å²) in [6.45, 7) is 6.52. The Bertz CT molecular complexity index is 1470. The molecule has 42 heavy (non-hydrogen) atoms. The summed E-state index contributed by atoms with van der Waals surface area (Å²) in [5.74, 6) is 0.645. The molecule has 7 heteroatoms. The molecule has 3 aromatic rings. The normalized spacial score (nSPS) is 26.0. The number of carboxylic acids is 1. The van der Waals surface area contributed by atoms with E-state index in [0.29, 0.717) is 55.5 Å². The number of benzene rings is 3. The number of rotatable bonds is 8. The van der Waals surface area contributed by atoms with Crippen molar-refractivity contribution in [1.29, 1.82) is 0 Å². The average Bonchev–Trinajstić information content (AvgIpc) is 3.24. The second kappa shape index (κ2) is 11.5. The number of hydrogen-bond donors (Lipinski definition) is 2. The van der Waals surface area contributed by atoms with E-state index in [0.717, 1.165) is 29.8 Å². The lowest BCUT2D eigenvalue weighted by atomic mass is 9.69. The molecule has 1 saturated carbocycles. The molecule has 222 valence electrons. The summed E-state index contributed by atoms with van der Waals surface area (Å²) < 4.78 is 20.8. The van der Waals surface area contributed by atoms with Crippen molar-refractivity contribution in [3.8, 4) is 5.75 Å². The minimum atomic E-state index is -1.10. The lowest BCUT2D eigenvalue weighted by molar-refractivity contribution is -0.145. The maximum atomic E-state index is 14.4. The molecule has 3 aliphatic rings. The molecule has 0 aromatic heterocycles. The van der Waals surface area contributed by atoms with Gasteiger partial charge in [-0.1, -0.05) is 49.7 Å². The van der Waals surface area contributed by atoms with E-state index < -0.39 is 11.5 Å². The van der Waals surface area contributed by atoms with Gasteiger partial charge in [0, 0.05) is 40.8 Å². The van der Waals surface area contributed by atoms with Gasteiger partial charge in [-0.05, 0) is 104 Å². The lowest BCUT2D eigenvalue weighted by Crippen LogP contribution is -2.55. The fourth-order valence-electron chi connectivity index (χ4n) is 7.72. The highest BCUT2D eigenvalue weighted by Gasteiger charge is 2.53. The van der Waals surface area contributed by atoms with E-state index in [4.69, 9.17) is 16.3 Å². The largest absolute Gasteiger partial charge is 0.493 e. The van der Waals surface area contributed by atoms with Crippen LogP contribution in [-0.4, -0.2) is 34.7 Å². The second-order valence-corrected chi connectivity index (χ2v) is 13.2. The smallest absolute Gasteiger partial charge is 0.329 e. The Morgan fingerprint density at radius 3 is 2.67 bits per heavy atom. The molecular formula is C35H40ClFN2O3. The standard InChI is InChI=1S/C35H40ClFN2O3/c1-23(22-42-31-11-4-8-25-7-3-6-24(2)32(25)31)20-39-21-26-18-28(37)12-13-30(26)35(39)16-14-34(15-17-35,33(40)41)38-29-10-5-9-27(36)19-29/h4-5,8-13,18-19,23-24,38H,3,6-7,14-17,20-22H2,1-2H3,(H,40,41)/t23-,24-,34?,35?/m1/s1. The maximum Gasteiger partial charge on any atom is 0.329 e. The molecule has 3 aromatic carbocycles. The van der Waals surface area contributed by atoms with Crippen molar-refractivity contribution >= 4 is 23.3 Å². The SMILES string of the molecule is C[C@@H](COc1cccc2c1[C@H](C)CCC2)CN1Cc2cc(F)ccc2C12CCC(Nc1cccc(Cl)c1)(C(=O)O)CC2. The number of nitrogens with zero attached hydrogens (tertiary/aromatic N) is 1. The van der Waals surface area contributed by atoms with Gasteiger partial charge in [-0.25, -0.2) is 9.18 Å². The van der Waals surface area contributed by atoms with E-state index in [1.807, 2.05) is 18.2 Å². The van der Waals surface area contributed by atoms with Crippen LogP contribution in [0.4, 0.5) is 10.1 Å². The van der Waals surface area contributed by atoms with Gasteiger partial charge in [-0.3, -0.25) is 4.90 Å². The van der Waals surface area contributed by atoms with Crippen molar-refractivity contribution in [1.82, 2.24) is 4.90 Å². The summed E-state index contributed by atoms with van der Waals surface area (Å²) in [5, 5.41) is 14.3. The zero-order valence-electron chi connectivity index (χ0n) is 24.5. The zero-order valence-corrected chi connectivity index (χ0v) is 25.2. The van der Waals surface area contributed by atoms with Crippen LogP contribution in [-0.2, 0) is 23.3 Å². The Balaban J connectivity index is 1.21. The summed E-state index contributed by atoms with van der Waals surface area (Å²) in [5.41, 5.74) is 4.17. The van der Waals surface area contributed by atoms with Gasteiger partial charge >= 0.3 is 5.97 Å². The van der Waals surface area contributed by atoms with Gasteiger partial charge in [0.25, 0.3) is 0 Å². The molecule has 1 spiro atoms. The minimum Gasteiger partial charge on any atom is -0.493 e. The van der Waals surface area contributed by atoms with Crippen molar-refractivity contribution < 1.29 is 19.0 Å². The Morgan fingerprint density at radius 2 is 1.90 bits per heavy atom. The molecule has 0 unspecified atom stereocenters. The number of ether oxygens (including phenoxy) is 1. The van der Waals surface area contributed by atoms with Crippen molar-refractivity contribution in [2.45, 2.75) is 82.3 Å². The molecule has 2 atom stereocenters. The molecule has 1 aliphatic heterocycles. The van der Waals surface area contributed by atoms with Crippen molar-refractivity contribution in [2.24, 2.45) is 5.92 Å². The fraction of sp³-hybridized carbons (Fsp3) is 0.457. The number of aliphatic carboxylic acids is 1. The van der Waals surface area contributed by atoms with E-state index in [1.165, 1.54) is 24.0 Å². The van der Waals surface area contributed by atoms with Crippen molar-refractivity contribution in [3.05, 3.63) is 93.8 Å². The quantitative estimate of drug-likeness (QED) is 0.277. The number of fused-ring (bicyclic) bond motifs is 3. The van der Waals surface area contributed by atoms with Crippen LogP contribution in [0.3, 0.4) is 0 Å². The predicted octanol–water partition coefficient (Wildman–Crippen LogP) is 8.15. The molecule has 2 aliphatic carbocycles. The van der Waals surface area contributed by atoms with Gasteiger partial charge in [-0.2, -0.15) is 0 Å².